The van der Waals surface area contributed by atoms with Crippen LogP contribution >= 0.6 is 0 Å². The maximum Gasteiger partial charge on any atom is 0.152 e. The first-order valence-corrected chi connectivity index (χ1v) is 5.40. The van der Waals surface area contributed by atoms with E-state index in [0.29, 0.717) is 0 Å². The van der Waals surface area contributed by atoms with E-state index in [1.807, 2.05) is 13.8 Å². The fraction of sp³-hybridized carbons (Fsp3) is 0.750. The largest absolute Gasteiger partial charge is 0.229 e. The lowest BCUT2D eigenvalue weighted by Crippen LogP contribution is -2.21. The standard InChI is InChI=1S/C8H12O2S/c1-4-8(3)6-11(9,10)5-7(8)2/h1,7H,5-6H2,2-3H3. The molecule has 0 aliphatic carbocycles. The zero-order chi connectivity index (χ0) is 8.70. The molecule has 0 N–H and O–H groups in total. The SMILES string of the molecule is C#CC1(C)CS(=O)(=O)CC1C. The first kappa shape index (κ1) is 8.61. The summed E-state index contributed by atoms with van der Waals surface area (Å²) >= 11 is 0. The van der Waals surface area contributed by atoms with Gasteiger partial charge in [-0.25, -0.2) is 8.42 Å². The van der Waals surface area contributed by atoms with Gasteiger partial charge in [0, 0.05) is 5.41 Å². The van der Waals surface area contributed by atoms with Crippen LogP contribution in [0.3, 0.4) is 0 Å². The van der Waals surface area contributed by atoms with Crippen LogP contribution in [-0.2, 0) is 9.84 Å². The van der Waals surface area contributed by atoms with Crippen LogP contribution in [0.2, 0.25) is 0 Å². The van der Waals surface area contributed by atoms with E-state index in [9.17, 15) is 8.42 Å². The van der Waals surface area contributed by atoms with Crippen molar-refractivity contribution in [3.63, 3.8) is 0 Å². The second kappa shape index (κ2) is 2.25. The first-order chi connectivity index (χ1) is 4.90. The van der Waals surface area contributed by atoms with Crippen molar-refractivity contribution in [1.82, 2.24) is 0 Å². The molecule has 0 aromatic carbocycles. The van der Waals surface area contributed by atoms with E-state index in [-0.39, 0.29) is 17.4 Å². The number of hydrogen-bond donors (Lipinski definition) is 0. The Hall–Kier alpha value is -0.490. The van der Waals surface area contributed by atoms with Crippen molar-refractivity contribution in [2.45, 2.75) is 13.8 Å². The Bertz CT molecular complexity index is 297. The molecule has 0 amide bonds. The van der Waals surface area contributed by atoms with E-state index in [4.69, 9.17) is 6.42 Å². The van der Waals surface area contributed by atoms with Crippen molar-refractivity contribution in [2.24, 2.45) is 11.3 Å². The van der Waals surface area contributed by atoms with Crippen molar-refractivity contribution < 1.29 is 8.42 Å². The Labute approximate surface area is 67.9 Å². The average molecular weight is 172 g/mol. The van der Waals surface area contributed by atoms with Gasteiger partial charge in [-0.2, -0.15) is 0 Å². The molecule has 1 rings (SSSR count). The molecule has 2 nitrogen and oxygen atoms in total. The Morgan fingerprint density at radius 3 is 2.36 bits per heavy atom. The summed E-state index contributed by atoms with van der Waals surface area (Å²) in [5, 5.41) is 0. The van der Waals surface area contributed by atoms with Crippen LogP contribution in [0.5, 0.6) is 0 Å². The van der Waals surface area contributed by atoms with Gasteiger partial charge in [0.15, 0.2) is 9.84 Å². The second-order valence-corrected chi connectivity index (χ2v) is 5.63. The summed E-state index contributed by atoms with van der Waals surface area (Å²) in [6, 6.07) is 0. The fourth-order valence-electron chi connectivity index (χ4n) is 1.41. The molecule has 62 valence electrons. The van der Waals surface area contributed by atoms with Crippen LogP contribution in [-0.4, -0.2) is 19.9 Å². The Morgan fingerprint density at radius 1 is 1.64 bits per heavy atom. The molecule has 11 heavy (non-hydrogen) atoms. The van der Waals surface area contributed by atoms with Gasteiger partial charge in [0.1, 0.15) is 0 Å². The Kier molecular flexibility index (Phi) is 1.76. The normalized spacial score (nSPS) is 41.7. The zero-order valence-corrected chi connectivity index (χ0v) is 7.61. The molecule has 0 aromatic heterocycles. The predicted molar refractivity (Wildman–Crippen MR) is 44.8 cm³/mol. The molecule has 0 radical (unpaired) electrons. The molecule has 1 aliphatic rings. The summed E-state index contributed by atoms with van der Waals surface area (Å²) in [5.41, 5.74) is -0.432. The van der Waals surface area contributed by atoms with Gasteiger partial charge in [-0.15, -0.1) is 6.42 Å². The monoisotopic (exact) mass is 172 g/mol. The third kappa shape index (κ3) is 1.41. The van der Waals surface area contributed by atoms with Gasteiger partial charge in [-0.3, -0.25) is 0 Å². The molecule has 2 atom stereocenters. The lowest BCUT2D eigenvalue weighted by atomic mass is 9.82. The molecular formula is C8H12O2S. The highest BCUT2D eigenvalue weighted by Crippen LogP contribution is 2.36. The highest BCUT2D eigenvalue weighted by Gasteiger charge is 2.43. The highest BCUT2D eigenvalue weighted by molar-refractivity contribution is 7.91. The Balaban J connectivity index is 3.02. The third-order valence-corrected chi connectivity index (χ3v) is 4.49. The molecule has 0 aromatic rings. The van der Waals surface area contributed by atoms with E-state index in [2.05, 4.69) is 5.92 Å². The topological polar surface area (TPSA) is 34.1 Å². The maximum atomic E-state index is 11.1. The van der Waals surface area contributed by atoms with Crippen molar-refractivity contribution in [1.29, 1.82) is 0 Å². The van der Waals surface area contributed by atoms with Crippen molar-refractivity contribution in [2.75, 3.05) is 11.5 Å². The van der Waals surface area contributed by atoms with Crippen LogP contribution in [0.4, 0.5) is 0 Å². The van der Waals surface area contributed by atoms with Gasteiger partial charge < -0.3 is 0 Å². The lowest BCUT2D eigenvalue weighted by molar-refractivity contribution is 0.383. The molecule has 1 saturated heterocycles. The number of terminal acetylenes is 1. The van der Waals surface area contributed by atoms with E-state index >= 15 is 0 Å². The van der Waals surface area contributed by atoms with E-state index in [1.165, 1.54) is 0 Å². The summed E-state index contributed by atoms with van der Waals surface area (Å²) in [4.78, 5) is 0. The highest BCUT2D eigenvalue weighted by atomic mass is 32.2. The van der Waals surface area contributed by atoms with Gasteiger partial charge >= 0.3 is 0 Å². The van der Waals surface area contributed by atoms with Crippen LogP contribution in [0.25, 0.3) is 0 Å². The summed E-state index contributed by atoms with van der Waals surface area (Å²) in [6.07, 6.45) is 5.27. The van der Waals surface area contributed by atoms with Crippen LogP contribution in [0, 0.1) is 23.7 Å². The predicted octanol–water partition coefficient (Wildman–Crippen LogP) is 0.690. The molecular weight excluding hydrogens is 160 g/mol. The van der Waals surface area contributed by atoms with Crippen LogP contribution in [0.1, 0.15) is 13.8 Å². The van der Waals surface area contributed by atoms with Gasteiger partial charge in [-0.1, -0.05) is 12.8 Å². The number of hydrogen-bond acceptors (Lipinski definition) is 2. The molecule has 2 unspecified atom stereocenters. The van der Waals surface area contributed by atoms with Gasteiger partial charge in [0.25, 0.3) is 0 Å². The van der Waals surface area contributed by atoms with Gasteiger partial charge in [0.2, 0.25) is 0 Å². The molecule has 1 aliphatic heterocycles. The van der Waals surface area contributed by atoms with Gasteiger partial charge in [-0.05, 0) is 12.8 Å². The lowest BCUT2D eigenvalue weighted by Gasteiger charge is -2.19. The minimum Gasteiger partial charge on any atom is -0.229 e. The summed E-state index contributed by atoms with van der Waals surface area (Å²) in [5.74, 6) is 3.06. The molecule has 0 bridgehead atoms. The van der Waals surface area contributed by atoms with E-state index in [0.717, 1.165) is 0 Å². The van der Waals surface area contributed by atoms with Crippen molar-refractivity contribution in [3.8, 4) is 12.3 Å². The molecule has 0 saturated carbocycles. The second-order valence-electron chi connectivity index (χ2n) is 3.52. The van der Waals surface area contributed by atoms with E-state index < -0.39 is 15.3 Å². The average Bonchev–Trinajstić information content (AvgIpc) is 2.03. The Morgan fingerprint density at radius 2 is 2.18 bits per heavy atom. The van der Waals surface area contributed by atoms with Crippen LogP contribution in [0.15, 0.2) is 0 Å². The molecule has 3 heteroatoms. The minimum atomic E-state index is -2.86. The quantitative estimate of drug-likeness (QED) is 0.504. The van der Waals surface area contributed by atoms with E-state index in [1.54, 1.807) is 0 Å². The molecule has 1 heterocycles. The summed E-state index contributed by atoms with van der Waals surface area (Å²) in [7, 11) is -2.86. The van der Waals surface area contributed by atoms with Crippen molar-refractivity contribution >= 4 is 9.84 Å². The molecule has 1 fully saturated rings. The number of sulfone groups is 1. The zero-order valence-electron chi connectivity index (χ0n) is 6.79. The smallest absolute Gasteiger partial charge is 0.152 e. The third-order valence-electron chi connectivity index (χ3n) is 2.44. The maximum absolute atomic E-state index is 11.1. The molecule has 0 spiro atoms. The minimum absolute atomic E-state index is 0.0949. The van der Waals surface area contributed by atoms with Crippen molar-refractivity contribution in [3.05, 3.63) is 0 Å². The first-order valence-electron chi connectivity index (χ1n) is 3.58. The van der Waals surface area contributed by atoms with Gasteiger partial charge in [0.05, 0.1) is 11.5 Å². The van der Waals surface area contributed by atoms with Crippen LogP contribution < -0.4 is 0 Å². The summed E-state index contributed by atoms with van der Waals surface area (Å²) in [6.45, 7) is 3.73. The fourth-order valence-corrected chi connectivity index (χ4v) is 3.94. The number of rotatable bonds is 0. The summed E-state index contributed by atoms with van der Waals surface area (Å²) < 4.78 is 22.2.